The average molecular weight is 189 g/mol. The first kappa shape index (κ1) is 9.72. The predicted molar refractivity (Wildman–Crippen MR) is 60.7 cm³/mol. The smallest absolute Gasteiger partial charge is 0.00757 e. The highest BCUT2D eigenvalue weighted by atomic mass is 14.9. The van der Waals surface area contributed by atoms with E-state index in [4.69, 9.17) is 0 Å². The number of aryl methyl sites for hydroxylation is 1. The number of rotatable bonds is 2. The molecule has 1 fully saturated rings. The molecule has 1 aliphatic rings. The SMILES string of the molecule is CNC1CC(c2cccc(C)c2C)C1. The summed E-state index contributed by atoms with van der Waals surface area (Å²) in [6.07, 6.45) is 2.61. The number of hydrogen-bond donors (Lipinski definition) is 1. The number of hydrogen-bond acceptors (Lipinski definition) is 1. The Labute approximate surface area is 86.5 Å². The van der Waals surface area contributed by atoms with Gasteiger partial charge in [0.1, 0.15) is 0 Å². The molecule has 1 heteroatoms. The molecule has 0 amide bonds. The first-order chi connectivity index (χ1) is 6.72. The molecule has 1 aliphatic carbocycles. The van der Waals surface area contributed by atoms with Crippen LogP contribution in [0.25, 0.3) is 0 Å². The Morgan fingerprint density at radius 2 is 1.93 bits per heavy atom. The fraction of sp³-hybridized carbons (Fsp3) is 0.538. The summed E-state index contributed by atoms with van der Waals surface area (Å²) in [6, 6.07) is 7.43. The molecule has 0 unspecified atom stereocenters. The molecule has 1 aromatic rings. The Balaban J connectivity index is 2.14. The van der Waals surface area contributed by atoms with Crippen molar-refractivity contribution in [2.45, 2.75) is 38.6 Å². The molecule has 2 rings (SSSR count). The molecule has 0 heterocycles. The van der Waals surface area contributed by atoms with Gasteiger partial charge in [0, 0.05) is 6.04 Å². The zero-order chi connectivity index (χ0) is 10.1. The fourth-order valence-electron chi connectivity index (χ4n) is 2.32. The van der Waals surface area contributed by atoms with Gasteiger partial charge in [-0.05, 0) is 56.3 Å². The van der Waals surface area contributed by atoms with Crippen molar-refractivity contribution >= 4 is 0 Å². The van der Waals surface area contributed by atoms with Crippen molar-refractivity contribution in [3.63, 3.8) is 0 Å². The summed E-state index contributed by atoms with van der Waals surface area (Å²) in [4.78, 5) is 0. The summed E-state index contributed by atoms with van der Waals surface area (Å²) in [5, 5.41) is 3.34. The normalized spacial score (nSPS) is 25.9. The highest BCUT2D eigenvalue weighted by Crippen LogP contribution is 2.38. The zero-order valence-electron chi connectivity index (χ0n) is 9.30. The van der Waals surface area contributed by atoms with Crippen molar-refractivity contribution < 1.29 is 0 Å². The molecular weight excluding hydrogens is 170 g/mol. The van der Waals surface area contributed by atoms with Crippen LogP contribution in [0.15, 0.2) is 18.2 Å². The van der Waals surface area contributed by atoms with Gasteiger partial charge >= 0.3 is 0 Å². The third-order valence-electron chi connectivity index (χ3n) is 3.63. The van der Waals surface area contributed by atoms with Gasteiger partial charge in [0.05, 0.1) is 0 Å². The van der Waals surface area contributed by atoms with E-state index in [0.29, 0.717) is 0 Å². The Bertz CT molecular complexity index is 324. The molecule has 14 heavy (non-hydrogen) atoms. The minimum atomic E-state index is 0.750. The van der Waals surface area contributed by atoms with Crippen LogP contribution in [0.3, 0.4) is 0 Å². The quantitative estimate of drug-likeness (QED) is 0.754. The van der Waals surface area contributed by atoms with Crippen molar-refractivity contribution in [2.24, 2.45) is 0 Å². The van der Waals surface area contributed by atoms with Crippen molar-refractivity contribution in [1.82, 2.24) is 5.32 Å². The summed E-state index contributed by atoms with van der Waals surface area (Å²) in [5.74, 6) is 0.798. The lowest BCUT2D eigenvalue weighted by atomic mass is 9.74. The Morgan fingerprint density at radius 3 is 2.57 bits per heavy atom. The van der Waals surface area contributed by atoms with E-state index in [9.17, 15) is 0 Å². The standard InChI is InChI=1S/C13H19N/c1-9-5-4-6-13(10(9)2)11-7-12(8-11)14-3/h4-6,11-12,14H,7-8H2,1-3H3. The third-order valence-corrected chi connectivity index (χ3v) is 3.63. The van der Waals surface area contributed by atoms with Crippen molar-refractivity contribution in [3.05, 3.63) is 34.9 Å². The minimum Gasteiger partial charge on any atom is -0.317 e. The van der Waals surface area contributed by atoms with Gasteiger partial charge in [-0.15, -0.1) is 0 Å². The molecule has 0 aliphatic heterocycles. The average Bonchev–Trinajstić information content (AvgIpc) is 2.10. The number of benzene rings is 1. The second kappa shape index (κ2) is 3.74. The van der Waals surface area contributed by atoms with Gasteiger partial charge in [-0.3, -0.25) is 0 Å². The first-order valence-corrected chi connectivity index (χ1v) is 5.45. The van der Waals surface area contributed by atoms with Gasteiger partial charge in [-0.25, -0.2) is 0 Å². The van der Waals surface area contributed by atoms with Crippen LogP contribution in [-0.4, -0.2) is 13.1 Å². The van der Waals surface area contributed by atoms with Gasteiger partial charge in [0.2, 0.25) is 0 Å². The summed E-state index contributed by atoms with van der Waals surface area (Å²) in [6.45, 7) is 4.45. The lowest BCUT2D eigenvalue weighted by Crippen LogP contribution is -2.37. The van der Waals surface area contributed by atoms with E-state index in [2.05, 4.69) is 44.4 Å². The van der Waals surface area contributed by atoms with E-state index in [1.54, 1.807) is 5.56 Å². The molecule has 0 bridgehead atoms. The molecule has 0 spiro atoms. The zero-order valence-corrected chi connectivity index (χ0v) is 9.30. The topological polar surface area (TPSA) is 12.0 Å². The van der Waals surface area contributed by atoms with Crippen LogP contribution in [0, 0.1) is 13.8 Å². The summed E-state index contributed by atoms with van der Waals surface area (Å²) in [7, 11) is 2.06. The van der Waals surface area contributed by atoms with E-state index in [0.717, 1.165) is 12.0 Å². The third kappa shape index (κ3) is 1.57. The second-order valence-electron chi connectivity index (χ2n) is 4.44. The molecule has 0 aromatic heterocycles. The molecule has 0 radical (unpaired) electrons. The van der Waals surface area contributed by atoms with Crippen LogP contribution in [0.5, 0.6) is 0 Å². The lowest BCUT2D eigenvalue weighted by molar-refractivity contribution is 0.306. The monoisotopic (exact) mass is 189 g/mol. The highest BCUT2D eigenvalue weighted by molar-refractivity contribution is 5.37. The minimum absolute atomic E-state index is 0.750. The highest BCUT2D eigenvalue weighted by Gasteiger charge is 2.29. The second-order valence-corrected chi connectivity index (χ2v) is 4.44. The Hall–Kier alpha value is -0.820. The van der Waals surface area contributed by atoms with E-state index in [1.165, 1.54) is 24.0 Å². The van der Waals surface area contributed by atoms with Crippen LogP contribution in [-0.2, 0) is 0 Å². The molecule has 1 nitrogen and oxygen atoms in total. The molecule has 76 valence electrons. The largest absolute Gasteiger partial charge is 0.317 e. The summed E-state index contributed by atoms with van der Waals surface area (Å²) < 4.78 is 0. The summed E-state index contributed by atoms with van der Waals surface area (Å²) in [5.41, 5.74) is 4.49. The molecule has 0 atom stereocenters. The van der Waals surface area contributed by atoms with Crippen LogP contribution < -0.4 is 5.32 Å². The van der Waals surface area contributed by atoms with Gasteiger partial charge in [0.25, 0.3) is 0 Å². The predicted octanol–water partition coefficient (Wildman–Crippen LogP) is 2.77. The Kier molecular flexibility index (Phi) is 2.60. The van der Waals surface area contributed by atoms with Crippen LogP contribution >= 0.6 is 0 Å². The van der Waals surface area contributed by atoms with Gasteiger partial charge < -0.3 is 5.32 Å². The van der Waals surface area contributed by atoms with E-state index in [-0.39, 0.29) is 0 Å². The van der Waals surface area contributed by atoms with E-state index < -0.39 is 0 Å². The van der Waals surface area contributed by atoms with Crippen molar-refractivity contribution in [1.29, 1.82) is 0 Å². The Morgan fingerprint density at radius 1 is 1.21 bits per heavy atom. The summed E-state index contributed by atoms with van der Waals surface area (Å²) >= 11 is 0. The maximum absolute atomic E-state index is 3.34. The maximum atomic E-state index is 3.34. The van der Waals surface area contributed by atoms with Gasteiger partial charge in [0.15, 0.2) is 0 Å². The molecule has 0 saturated heterocycles. The molecule has 1 N–H and O–H groups in total. The first-order valence-electron chi connectivity index (χ1n) is 5.45. The van der Waals surface area contributed by atoms with Crippen LogP contribution in [0.1, 0.15) is 35.4 Å². The lowest BCUT2D eigenvalue weighted by Gasteiger charge is -2.36. The van der Waals surface area contributed by atoms with Crippen LogP contribution in [0.2, 0.25) is 0 Å². The molecular formula is C13H19N. The number of nitrogens with one attached hydrogen (secondary N) is 1. The van der Waals surface area contributed by atoms with Crippen molar-refractivity contribution in [3.8, 4) is 0 Å². The molecule has 1 aromatic carbocycles. The van der Waals surface area contributed by atoms with Gasteiger partial charge in [-0.2, -0.15) is 0 Å². The van der Waals surface area contributed by atoms with E-state index >= 15 is 0 Å². The molecule has 1 saturated carbocycles. The van der Waals surface area contributed by atoms with E-state index in [1.807, 2.05) is 0 Å². The van der Waals surface area contributed by atoms with Gasteiger partial charge in [-0.1, -0.05) is 18.2 Å². The maximum Gasteiger partial charge on any atom is 0.00757 e. The fourth-order valence-corrected chi connectivity index (χ4v) is 2.32. The van der Waals surface area contributed by atoms with Crippen molar-refractivity contribution in [2.75, 3.05) is 7.05 Å². The van der Waals surface area contributed by atoms with Crippen LogP contribution in [0.4, 0.5) is 0 Å².